The number of quaternary nitrogens is 1. The summed E-state index contributed by atoms with van der Waals surface area (Å²) in [4.78, 5) is 35.9. The molecular formula is C80H143NO8P+. The van der Waals surface area contributed by atoms with Crippen molar-refractivity contribution in [3.8, 4) is 0 Å². The number of carbonyl (C=O) groups excluding carboxylic acids is 2. The second-order valence-electron chi connectivity index (χ2n) is 26.3. The highest BCUT2D eigenvalue weighted by atomic mass is 31.2. The molecule has 0 spiro atoms. The van der Waals surface area contributed by atoms with Crippen molar-refractivity contribution < 1.29 is 42.1 Å². The highest BCUT2D eigenvalue weighted by Crippen LogP contribution is 2.43. The molecule has 0 aliphatic rings. The van der Waals surface area contributed by atoms with E-state index in [0.717, 1.165) is 103 Å². The van der Waals surface area contributed by atoms with Crippen LogP contribution in [0.5, 0.6) is 0 Å². The Balaban J connectivity index is 3.99. The Bertz CT molecular complexity index is 1890. The van der Waals surface area contributed by atoms with Crippen LogP contribution in [-0.2, 0) is 32.7 Å². The fraction of sp³-hybridized carbons (Fsp3) is 0.750. The van der Waals surface area contributed by atoms with Crippen molar-refractivity contribution in [2.75, 3.05) is 47.5 Å². The van der Waals surface area contributed by atoms with Gasteiger partial charge < -0.3 is 18.9 Å². The summed E-state index contributed by atoms with van der Waals surface area (Å²) in [6, 6.07) is 0. The largest absolute Gasteiger partial charge is 0.472 e. The summed E-state index contributed by atoms with van der Waals surface area (Å²) in [5, 5.41) is 0. The Labute approximate surface area is 556 Å². The Morgan fingerprint density at radius 2 is 0.633 bits per heavy atom. The molecule has 0 aliphatic heterocycles. The lowest BCUT2D eigenvalue weighted by atomic mass is 10.0. The minimum atomic E-state index is -4.40. The van der Waals surface area contributed by atoms with Crippen molar-refractivity contribution in [3.63, 3.8) is 0 Å². The van der Waals surface area contributed by atoms with Crippen LogP contribution in [0, 0.1) is 0 Å². The van der Waals surface area contributed by atoms with Gasteiger partial charge in [0.1, 0.15) is 19.8 Å². The van der Waals surface area contributed by atoms with E-state index < -0.39 is 26.5 Å². The third kappa shape index (κ3) is 73.7. The molecule has 0 heterocycles. The normalized spacial score (nSPS) is 13.7. The molecule has 0 rings (SSSR count). The van der Waals surface area contributed by atoms with Crippen LogP contribution >= 0.6 is 7.82 Å². The Hall–Kier alpha value is -3.33. The summed E-state index contributed by atoms with van der Waals surface area (Å²) in [6.07, 6.45) is 99.4. The molecule has 0 saturated carbocycles. The monoisotopic (exact) mass is 1280 g/mol. The minimum absolute atomic E-state index is 0.0237. The first-order valence-corrected chi connectivity index (χ1v) is 39.1. The van der Waals surface area contributed by atoms with E-state index in [-0.39, 0.29) is 32.0 Å². The molecule has 90 heavy (non-hydrogen) atoms. The van der Waals surface area contributed by atoms with Crippen molar-refractivity contribution >= 4 is 19.8 Å². The lowest BCUT2D eigenvalue weighted by Gasteiger charge is -2.24. The molecule has 0 radical (unpaired) electrons. The molecule has 0 saturated heterocycles. The molecule has 9 nitrogen and oxygen atoms in total. The van der Waals surface area contributed by atoms with Crippen molar-refractivity contribution in [2.24, 2.45) is 0 Å². The maximum absolute atomic E-state index is 12.9. The van der Waals surface area contributed by atoms with Crippen LogP contribution in [0.15, 0.2) is 109 Å². The number of nitrogens with zero attached hydrogens (tertiary/aromatic N) is 1. The summed E-state index contributed by atoms with van der Waals surface area (Å²) < 4.78 is 34.7. The maximum Gasteiger partial charge on any atom is 0.472 e. The lowest BCUT2D eigenvalue weighted by Crippen LogP contribution is -2.37. The number of allylic oxidation sites excluding steroid dienone is 18. The van der Waals surface area contributed by atoms with E-state index in [0.29, 0.717) is 17.4 Å². The molecule has 0 amide bonds. The number of esters is 2. The van der Waals surface area contributed by atoms with E-state index >= 15 is 0 Å². The molecule has 0 aromatic heterocycles. The fourth-order valence-corrected chi connectivity index (χ4v) is 11.3. The van der Waals surface area contributed by atoms with Gasteiger partial charge in [-0.3, -0.25) is 18.6 Å². The number of phosphoric ester groups is 1. The molecule has 1 N–H and O–H groups in total. The van der Waals surface area contributed by atoms with Gasteiger partial charge in [-0.25, -0.2) is 4.57 Å². The van der Waals surface area contributed by atoms with E-state index in [1.807, 2.05) is 21.1 Å². The zero-order valence-electron chi connectivity index (χ0n) is 59.4. The van der Waals surface area contributed by atoms with Gasteiger partial charge >= 0.3 is 19.8 Å². The highest BCUT2D eigenvalue weighted by Gasteiger charge is 2.27. The van der Waals surface area contributed by atoms with Crippen molar-refractivity contribution in [3.05, 3.63) is 109 Å². The van der Waals surface area contributed by atoms with Crippen LogP contribution in [0.1, 0.15) is 335 Å². The van der Waals surface area contributed by atoms with Crippen molar-refractivity contribution in [1.29, 1.82) is 0 Å². The Kier molecular flexibility index (Phi) is 67.4. The SMILES string of the molecule is CC/C=C\C/C=C\C/C=C\C/C=C\C/C=C\C/C=C\C/C=C\CCCCCCCC(=O)OC(COC(=O)CCCCCCCCCCCCCCCCCCCCCCCCCCCCC/C=C\C/C=C\CCCCCCC)COP(=O)(O)OCC[N+](C)(C)C. The average molecular weight is 1280 g/mol. The van der Waals surface area contributed by atoms with Crippen LogP contribution in [0.25, 0.3) is 0 Å². The van der Waals surface area contributed by atoms with Gasteiger partial charge in [-0.05, 0) is 103 Å². The minimum Gasteiger partial charge on any atom is -0.462 e. The van der Waals surface area contributed by atoms with E-state index in [1.165, 1.54) is 199 Å². The van der Waals surface area contributed by atoms with E-state index in [4.69, 9.17) is 18.5 Å². The summed E-state index contributed by atoms with van der Waals surface area (Å²) >= 11 is 0. The van der Waals surface area contributed by atoms with Gasteiger partial charge in [-0.1, -0.05) is 329 Å². The number of hydrogen-bond donors (Lipinski definition) is 1. The second kappa shape index (κ2) is 70.0. The zero-order chi connectivity index (χ0) is 65.5. The Morgan fingerprint density at radius 3 is 0.944 bits per heavy atom. The zero-order valence-corrected chi connectivity index (χ0v) is 60.2. The molecule has 0 aromatic carbocycles. The van der Waals surface area contributed by atoms with Crippen LogP contribution in [0.3, 0.4) is 0 Å². The van der Waals surface area contributed by atoms with E-state index in [1.54, 1.807) is 0 Å². The molecule has 0 bridgehead atoms. The number of phosphoric acid groups is 1. The van der Waals surface area contributed by atoms with Crippen molar-refractivity contribution in [1.82, 2.24) is 0 Å². The van der Waals surface area contributed by atoms with Gasteiger partial charge in [0.05, 0.1) is 27.7 Å². The predicted molar refractivity (Wildman–Crippen MR) is 390 cm³/mol. The first kappa shape index (κ1) is 86.7. The number of rotatable bonds is 69. The quantitative estimate of drug-likeness (QED) is 0.0211. The Morgan fingerprint density at radius 1 is 0.356 bits per heavy atom. The molecule has 0 aliphatic carbocycles. The van der Waals surface area contributed by atoms with Gasteiger partial charge in [0.15, 0.2) is 6.10 Å². The summed E-state index contributed by atoms with van der Waals surface area (Å²) in [5.74, 6) is -0.813. The van der Waals surface area contributed by atoms with Gasteiger partial charge in [0, 0.05) is 12.8 Å². The third-order valence-electron chi connectivity index (χ3n) is 16.3. The first-order chi connectivity index (χ1) is 44.0. The number of likely N-dealkylation sites (N-methyl/N-ethyl adjacent to an activating group) is 1. The number of unbranched alkanes of at least 4 members (excludes halogenated alkanes) is 37. The van der Waals surface area contributed by atoms with Crippen LogP contribution in [0.4, 0.5) is 0 Å². The number of carbonyl (C=O) groups is 2. The molecule has 520 valence electrons. The molecule has 2 atom stereocenters. The molecule has 0 fully saturated rings. The highest BCUT2D eigenvalue weighted by molar-refractivity contribution is 7.47. The fourth-order valence-electron chi connectivity index (χ4n) is 10.6. The lowest BCUT2D eigenvalue weighted by molar-refractivity contribution is -0.870. The topological polar surface area (TPSA) is 108 Å². The van der Waals surface area contributed by atoms with Gasteiger partial charge in [-0.2, -0.15) is 0 Å². The molecule has 10 heteroatoms. The second-order valence-corrected chi connectivity index (χ2v) is 27.8. The number of hydrogen-bond acceptors (Lipinski definition) is 7. The maximum atomic E-state index is 12.9. The van der Waals surface area contributed by atoms with Gasteiger partial charge in [0.25, 0.3) is 0 Å². The van der Waals surface area contributed by atoms with Crippen molar-refractivity contribution in [2.45, 2.75) is 341 Å². The number of ether oxygens (including phenoxy) is 2. The first-order valence-electron chi connectivity index (χ1n) is 37.6. The van der Waals surface area contributed by atoms with Gasteiger partial charge in [-0.15, -0.1) is 0 Å². The predicted octanol–water partition coefficient (Wildman–Crippen LogP) is 24.8. The smallest absolute Gasteiger partial charge is 0.462 e. The van der Waals surface area contributed by atoms with Crippen LogP contribution in [-0.4, -0.2) is 74.9 Å². The summed E-state index contributed by atoms with van der Waals surface area (Å²) in [7, 11) is 1.46. The standard InChI is InChI=1S/C80H142NO8P/c1-6-8-10-12-14-16-18-20-22-24-26-28-30-32-34-35-36-37-38-39-40-41-42-43-44-45-47-48-50-52-54-56-58-60-62-64-66-68-70-72-79(82)86-76-78(77-88-90(84,85)87-75-74-81(3,4)5)89-80(83)73-71-69-67-65-63-61-59-57-55-53-51-49-46-33-31-29-27-25-23-21-19-17-15-13-11-9-7-2/h9,11,15,17-18,20-21,23-24,26-27,29,33,46,51,53,57,59,78H,6-8,10,12-14,16,19,22,25,28,30-32,34-45,47-50,52,54-56,58,60-77H2,1-5H3/p+1/b11-9-,17-15-,20-18-,23-21-,26-24-,29-27-,46-33-,53-51-,59-57-. The molecule has 0 aromatic rings. The van der Waals surface area contributed by atoms with Crippen LogP contribution < -0.4 is 0 Å². The van der Waals surface area contributed by atoms with Crippen LogP contribution in [0.2, 0.25) is 0 Å². The third-order valence-corrected chi connectivity index (χ3v) is 17.3. The summed E-state index contributed by atoms with van der Waals surface area (Å²) in [6.45, 7) is 4.31. The average Bonchev–Trinajstić information content (AvgIpc) is 3.61. The van der Waals surface area contributed by atoms with Gasteiger partial charge in [0.2, 0.25) is 0 Å². The summed E-state index contributed by atoms with van der Waals surface area (Å²) in [5.41, 5.74) is 0. The molecule has 2 unspecified atom stereocenters. The van der Waals surface area contributed by atoms with E-state index in [2.05, 4.69) is 123 Å². The molecular weight excluding hydrogens is 1130 g/mol. The van der Waals surface area contributed by atoms with E-state index in [9.17, 15) is 19.0 Å².